The third-order valence-electron chi connectivity index (χ3n) is 2.67. The summed E-state index contributed by atoms with van der Waals surface area (Å²) in [5.41, 5.74) is 1.14. The van der Waals surface area contributed by atoms with E-state index in [1.165, 1.54) is 11.1 Å². The number of aliphatic hydroxyl groups excluding tert-OH is 1. The zero-order chi connectivity index (χ0) is 13.8. The van der Waals surface area contributed by atoms with E-state index in [0.717, 1.165) is 0 Å². The summed E-state index contributed by atoms with van der Waals surface area (Å²) in [6, 6.07) is 3.30. The summed E-state index contributed by atoms with van der Waals surface area (Å²) < 4.78 is 36.2. The van der Waals surface area contributed by atoms with Crippen molar-refractivity contribution >= 4 is 5.69 Å². The van der Waals surface area contributed by atoms with Crippen LogP contribution in [0.5, 0.6) is 0 Å². The number of pyridine rings is 1. The number of alkyl halides is 3. The molecule has 0 aliphatic rings. The fourth-order valence-corrected chi connectivity index (χ4v) is 1.45. The highest BCUT2D eigenvalue weighted by molar-refractivity contribution is 5.43. The number of halogens is 3. The average Bonchev–Trinajstić information content (AvgIpc) is 2.34. The topological polar surface area (TPSA) is 36.4 Å². The Kier molecular flexibility index (Phi) is 4.95. The van der Waals surface area contributed by atoms with Crippen LogP contribution >= 0.6 is 0 Å². The molecular formula is C12H17F3N2O. The maximum atomic E-state index is 12.1. The predicted molar refractivity (Wildman–Crippen MR) is 63.4 cm³/mol. The van der Waals surface area contributed by atoms with Gasteiger partial charge in [0.1, 0.15) is 0 Å². The summed E-state index contributed by atoms with van der Waals surface area (Å²) in [7, 11) is 1.58. The number of aliphatic hydroxyl groups is 1. The number of anilines is 1. The molecule has 1 heterocycles. The van der Waals surface area contributed by atoms with Crippen LogP contribution in [0.15, 0.2) is 18.3 Å². The van der Waals surface area contributed by atoms with Gasteiger partial charge in [0, 0.05) is 13.6 Å². The van der Waals surface area contributed by atoms with E-state index < -0.39 is 18.7 Å². The third-order valence-corrected chi connectivity index (χ3v) is 2.67. The van der Waals surface area contributed by atoms with Crippen LogP contribution in [0.1, 0.15) is 31.6 Å². The van der Waals surface area contributed by atoms with Crippen molar-refractivity contribution in [3.8, 4) is 0 Å². The Bertz CT molecular complexity index is 365. The van der Waals surface area contributed by atoms with Crippen LogP contribution in [-0.4, -0.2) is 29.9 Å². The highest BCUT2D eigenvalue weighted by Gasteiger charge is 2.27. The maximum absolute atomic E-state index is 12.1. The molecule has 3 nitrogen and oxygen atoms in total. The minimum Gasteiger partial charge on any atom is -0.387 e. The first-order chi connectivity index (χ1) is 8.33. The molecule has 0 bridgehead atoms. The second-order valence-corrected chi connectivity index (χ2v) is 4.15. The summed E-state index contributed by atoms with van der Waals surface area (Å²) in [6.45, 7) is 1.72. The van der Waals surface area contributed by atoms with Crippen LogP contribution in [0.25, 0.3) is 0 Å². The minimum atomic E-state index is -4.15. The lowest BCUT2D eigenvalue weighted by Crippen LogP contribution is -2.24. The summed E-state index contributed by atoms with van der Waals surface area (Å²) >= 11 is 0. The molecule has 0 spiro atoms. The molecule has 6 heteroatoms. The van der Waals surface area contributed by atoms with Crippen LogP contribution in [0.4, 0.5) is 18.9 Å². The number of rotatable bonds is 5. The molecule has 1 atom stereocenters. The molecule has 102 valence electrons. The molecule has 0 saturated heterocycles. The van der Waals surface area contributed by atoms with Crippen molar-refractivity contribution in [1.82, 2.24) is 4.98 Å². The van der Waals surface area contributed by atoms with Crippen molar-refractivity contribution in [2.45, 2.75) is 32.0 Å². The van der Waals surface area contributed by atoms with Crippen LogP contribution < -0.4 is 4.90 Å². The molecule has 0 fully saturated rings. The second kappa shape index (κ2) is 6.04. The van der Waals surface area contributed by atoms with Gasteiger partial charge in [-0.2, -0.15) is 13.2 Å². The Labute approximate surface area is 104 Å². The fraction of sp³-hybridized carbons (Fsp3) is 0.583. The van der Waals surface area contributed by atoms with Crippen LogP contribution in [0.2, 0.25) is 0 Å². The largest absolute Gasteiger partial charge is 0.390 e. The van der Waals surface area contributed by atoms with Crippen molar-refractivity contribution < 1.29 is 18.3 Å². The highest BCUT2D eigenvalue weighted by atomic mass is 19.4. The van der Waals surface area contributed by atoms with Crippen molar-refractivity contribution in [1.29, 1.82) is 0 Å². The van der Waals surface area contributed by atoms with Gasteiger partial charge in [0.05, 0.1) is 30.1 Å². The zero-order valence-electron chi connectivity index (χ0n) is 10.4. The molecule has 18 heavy (non-hydrogen) atoms. The fourth-order valence-electron chi connectivity index (χ4n) is 1.45. The van der Waals surface area contributed by atoms with Crippen LogP contribution in [0.3, 0.4) is 0 Å². The molecule has 0 amide bonds. The van der Waals surface area contributed by atoms with Crippen molar-refractivity contribution in [3.63, 3.8) is 0 Å². The SMILES string of the molecule is CCC(O)c1ccc(N(C)CCC(F)(F)F)cn1. The molecule has 0 aromatic carbocycles. The lowest BCUT2D eigenvalue weighted by Gasteiger charge is -2.20. The lowest BCUT2D eigenvalue weighted by molar-refractivity contribution is -0.132. The van der Waals surface area contributed by atoms with Crippen LogP contribution in [-0.2, 0) is 0 Å². The molecule has 1 rings (SSSR count). The van der Waals surface area contributed by atoms with Gasteiger partial charge < -0.3 is 10.0 Å². The van der Waals surface area contributed by atoms with Gasteiger partial charge in [0.2, 0.25) is 0 Å². The first-order valence-electron chi connectivity index (χ1n) is 5.75. The predicted octanol–water partition coefficient (Wildman–Crippen LogP) is 2.91. The van der Waals surface area contributed by atoms with E-state index in [2.05, 4.69) is 4.98 Å². The number of aromatic nitrogens is 1. The van der Waals surface area contributed by atoms with E-state index in [9.17, 15) is 18.3 Å². The van der Waals surface area contributed by atoms with Crippen molar-refractivity contribution in [3.05, 3.63) is 24.0 Å². The van der Waals surface area contributed by atoms with Gasteiger partial charge in [-0.1, -0.05) is 6.92 Å². The third kappa shape index (κ3) is 4.52. The number of nitrogens with zero attached hydrogens (tertiary/aromatic N) is 2. The monoisotopic (exact) mass is 262 g/mol. The Hall–Kier alpha value is -1.30. The van der Waals surface area contributed by atoms with E-state index in [1.807, 2.05) is 6.92 Å². The van der Waals surface area contributed by atoms with Gasteiger partial charge in [-0.15, -0.1) is 0 Å². The van der Waals surface area contributed by atoms with Gasteiger partial charge in [-0.3, -0.25) is 4.98 Å². The highest BCUT2D eigenvalue weighted by Crippen LogP contribution is 2.22. The normalized spacial score (nSPS) is 13.4. The molecule has 0 saturated carbocycles. The van der Waals surface area contributed by atoms with E-state index >= 15 is 0 Å². The number of hydrogen-bond donors (Lipinski definition) is 1. The molecule has 0 aliphatic carbocycles. The molecular weight excluding hydrogens is 245 g/mol. The Morgan fingerprint density at radius 1 is 1.39 bits per heavy atom. The number of hydrogen-bond acceptors (Lipinski definition) is 3. The Morgan fingerprint density at radius 2 is 2.06 bits per heavy atom. The van der Waals surface area contributed by atoms with Crippen molar-refractivity contribution in [2.75, 3.05) is 18.5 Å². The molecule has 0 aliphatic heterocycles. The second-order valence-electron chi connectivity index (χ2n) is 4.15. The smallest absolute Gasteiger partial charge is 0.387 e. The van der Waals surface area contributed by atoms with E-state index in [-0.39, 0.29) is 6.54 Å². The molecule has 0 radical (unpaired) electrons. The maximum Gasteiger partial charge on any atom is 0.390 e. The van der Waals surface area contributed by atoms with Gasteiger partial charge in [0.15, 0.2) is 0 Å². The summed E-state index contributed by atoms with van der Waals surface area (Å²) in [5.74, 6) is 0. The average molecular weight is 262 g/mol. The van der Waals surface area contributed by atoms with E-state index in [1.54, 1.807) is 19.2 Å². The first kappa shape index (κ1) is 14.8. The molecule has 1 N–H and O–H groups in total. The molecule has 1 aromatic rings. The van der Waals surface area contributed by atoms with E-state index in [0.29, 0.717) is 17.8 Å². The Balaban J connectivity index is 2.62. The van der Waals surface area contributed by atoms with Gasteiger partial charge in [-0.25, -0.2) is 0 Å². The quantitative estimate of drug-likeness (QED) is 0.886. The first-order valence-corrected chi connectivity index (χ1v) is 5.75. The summed E-state index contributed by atoms with van der Waals surface area (Å²) in [5, 5.41) is 9.54. The van der Waals surface area contributed by atoms with E-state index in [4.69, 9.17) is 0 Å². The van der Waals surface area contributed by atoms with Gasteiger partial charge in [0.25, 0.3) is 0 Å². The minimum absolute atomic E-state index is 0.110. The summed E-state index contributed by atoms with van der Waals surface area (Å²) in [6.07, 6.45) is -3.61. The van der Waals surface area contributed by atoms with Crippen molar-refractivity contribution in [2.24, 2.45) is 0 Å². The summed E-state index contributed by atoms with van der Waals surface area (Å²) in [4.78, 5) is 5.53. The van der Waals surface area contributed by atoms with Gasteiger partial charge >= 0.3 is 6.18 Å². The van der Waals surface area contributed by atoms with Crippen LogP contribution in [0, 0.1) is 0 Å². The standard InChI is InChI=1S/C12H17F3N2O/c1-3-11(18)10-5-4-9(8-16-10)17(2)7-6-12(13,14)15/h4-5,8,11,18H,3,6-7H2,1-2H3. The lowest BCUT2D eigenvalue weighted by atomic mass is 10.2. The zero-order valence-corrected chi connectivity index (χ0v) is 10.4. The molecule has 1 aromatic heterocycles. The molecule has 1 unspecified atom stereocenters. The Morgan fingerprint density at radius 3 is 2.50 bits per heavy atom. The van der Waals surface area contributed by atoms with Gasteiger partial charge in [-0.05, 0) is 18.6 Å².